The topological polar surface area (TPSA) is 142 Å². The van der Waals surface area contributed by atoms with Crippen LogP contribution in [0.5, 0.6) is 5.75 Å². The van der Waals surface area contributed by atoms with E-state index in [2.05, 4.69) is 10.6 Å². The van der Waals surface area contributed by atoms with Crippen LogP contribution in [0, 0.1) is 0 Å². The Morgan fingerprint density at radius 2 is 1.73 bits per heavy atom. The molecule has 0 radical (unpaired) electrons. The average Bonchev–Trinajstić information content (AvgIpc) is 2.72. The van der Waals surface area contributed by atoms with E-state index >= 15 is 0 Å². The second-order valence-electron chi connectivity index (χ2n) is 6.94. The second kappa shape index (κ2) is 11.6. The molecule has 2 rings (SSSR count). The number of amides is 2. The zero-order chi connectivity index (χ0) is 21.9. The largest absolute Gasteiger partial charge is 0.507 e. The van der Waals surface area contributed by atoms with Crippen LogP contribution in [0.15, 0.2) is 48.5 Å². The maximum atomic E-state index is 12.8. The molecular formula is C22H27N3O5. The molecule has 0 spiro atoms. The van der Waals surface area contributed by atoms with Crippen molar-refractivity contribution in [3.8, 4) is 5.75 Å². The molecule has 8 nitrogen and oxygen atoms in total. The first-order chi connectivity index (χ1) is 14.4. The molecule has 160 valence electrons. The molecule has 8 heteroatoms. The molecule has 2 aromatic carbocycles. The Morgan fingerprint density at radius 1 is 1.00 bits per heavy atom. The van der Waals surface area contributed by atoms with E-state index in [1.165, 1.54) is 18.2 Å². The number of unbranched alkanes of at least 4 members (excludes halogenated alkanes) is 2. The van der Waals surface area contributed by atoms with Crippen molar-refractivity contribution in [1.29, 1.82) is 0 Å². The van der Waals surface area contributed by atoms with E-state index in [1.54, 1.807) is 0 Å². The fourth-order valence-electron chi connectivity index (χ4n) is 2.95. The molecule has 0 saturated carbocycles. The Bertz CT molecular complexity index is 870. The van der Waals surface area contributed by atoms with Crippen LogP contribution in [0.4, 0.5) is 5.69 Å². The average molecular weight is 413 g/mol. The van der Waals surface area contributed by atoms with Crippen molar-refractivity contribution in [2.24, 2.45) is 5.73 Å². The molecule has 6 N–H and O–H groups in total. The number of hydrogen-bond donors (Lipinski definition) is 5. The minimum Gasteiger partial charge on any atom is -0.507 e. The summed E-state index contributed by atoms with van der Waals surface area (Å²) in [7, 11) is 0. The van der Waals surface area contributed by atoms with E-state index in [1.807, 2.05) is 30.3 Å². The lowest BCUT2D eigenvalue weighted by atomic mass is 10.0. The number of aromatic carboxylic acids is 1. The van der Waals surface area contributed by atoms with Gasteiger partial charge in [-0.3, -0.25) is 9.59 Å². The number of hydrogen-bond acceptors (Lipinski definition) is 5. The van der Waals surface area contributed by atoms with Crippen LogP contribution in [0.1, 0.15) is 41.6 Å². The highest BCUT2D eigenvalue weighted by Gasteiger charge is 2.22. The van der Waals surface area contributed by atoms with E-state index in [0.717, 1.165) is 18.4 Å². The number of nitrogens with one attached hydrogen (secondary N) is 2. The second-order valence-corrected chi connectivity index (χ2v) is 6.94. The number of anilines is 1. The minimum absolute atomic E-state index is 0.213. The summed E-state index contributed by atoms with van der Waals surface area (Å²) >= 11 is 0. The van der Waals surface area contributed by atoms with Gasteiger partial charge in [-0.15, -0.1) is 0 Å². The Kier molecular flexibility index (Phi) is 8.83. The SMILES string of the molecule is NCCCCCC(=O)N[C@@H](Cc1ccccc1)C(=O)Nc1ccc(O)c(C(=O)O)c1. The maximum absolute atomic E-state index is 12.8. The number of benzene rings is 2. The normalized spacial score (nSPS) is 11.5. The number of carbonyl (C=O) groups excluding carboxylic acids is 2. The summed E-state index contributed by atoms with van der Waals surface area (Å²) in [6.07, 6.45) is 2.94. The monoisotopic (exact) mass is 413 g/mol. The Morgan fingerprint density at radius 3 is 2.40 bits per heavy atom. The van der Waals surface area contributed by atoms with E-state index in [0.29, 0.717) is 19.4 Å². The zero-order valence-corrected chi connectivity index (χ0v) is 16.6. The third-order valence-electron chi connectivity index (χ3n) is 4.54. The first-order valence-electron chi connectivity index (χ1n) is 9.81. The van der Waals surface area contributed by atoms with Crippen molar-refractivity contribution < 1.29 is 24.6 Å². The minimum atomic E-state index is -1.31. The van der Waals surface area contributed by atoms with Crippen LogP contribution in [-0.2, 0) is 16.0 Å². The smallest absolute Gasteiger partial charge is 0.339 e. The number of rotatable bonds is 11. The highest BCUT2D eigenvalue weighted by Crippen LogP contribution is 2.21. The summed E-state index contributed by atoms with van der Waals surface area (Å²) < 4.78 is 0. The summed E-state index contributed by atoms with van der Waals surface area (Å²) in [5.74, 6) is -2.42. The van der Waals surface area contributed by atoms with Crippen molar-refractivity contribution >= 4 is 23.5 Å². The van der Waals surface area contributed by atoms with Crippen LogP contribution in [0.25, 0.3) is 0 Å². The molecule has 1 atom stereocenters. The van der Waals surface area contributed by atoms with Crippen molar-refractivity contribution in [2.45, 2.75) is 38.1 Å². The fraction of sp³-hybridized carbons (Fsp3) is 0.318. The molecule has 2 amide bonds. The van der Waals surface area contributed by atoms with Crippen LogP contribution in [0.2, 0.25) is 0 Å². The zero-order valence-electron chi connectivity index (χ0n) is 16.6. The first kappa shape index (κ1) is 22.9. The van der Waals surface area contributed by atoms with Gasteiger partial charge in [0.15, 0.2) is 0 Å². The van der Waals surface area contributed by atoms with Gasteiger partial charge in [0, 0.05) is 18.5 Å². The number of carboxylic acids is 1. The van der Waals surface area contributed by atoms with Crippen LogP contribution in [0.3, 0.4) is 0 Å². The quantitative estimate of drug-likeness (QED) is 0.283. The molecule has 0 heterocycles. The highest BCUT2D eigenvalue weighted by molar-refractivity contribution is 5.99. The molecule has 2 aromatic rings. The lowest BCUT2D eigenvalue weighted by Crippen LogP contribution is -2.45. The molecule has 0 aromatic heterocycles. The van der Waals surface area contributed by atoms with Crippen LogP contribution < -0.4 is 16.4 Å². The number of carbonyl (C=O) groups is 3. The maximum Gasteiger partial charge on any atom is 0.339 e. The predicted molar refractivity (Wildman–Crippen MR) is 113 cm³/mol. The van der Waals surface area contributed by atoms with Crippen LogP contribution >= 0.6 is 0 Å². The third-order valence-corrected chi connectivity index (χ3v) is 4.54. The Labute approximate surface area is 175 Å². The molecule has 0 aliphatic rings. The predicted octanol–water partition coefficient (Wildman–Crippen LogP) is 2.28. The van der Waals surface area contributed by atoms with Crippen molar-refractivity contribution in [1.82, 2.24) is 5.32 Å². The van der Waals surface area contributed by atoms with E-state index < -0.39 is 23.7 Å². The lowest BCUT2D eigenvalue weighted by Gasteiger charge is -2.19. The van der Waals surface area contributed by atoms with Gasteiger partial charge >= 0.3 is 5.97 Å². The molecule has 0 aliphatic heterocycles. The van der Waals surface area contributed by atoms with Gasteiger partial charge in [0.05, 0.1) is 0 Å². The summed E-state index contributed by atoms with van der Waals surface area (Å²) in [5, 5.41) is 24.1. The standard InChI is InChI=1S/C22H27N3O5/c23-12-6-2-5-9-20(27)25-18(13-15-7-3-1-4-8-15)21(28)24-16-10-11-19(26)17(14-16)22(29)30/h1,3-4,7-8,10-11,14,18,26H,2,5-6,9,12-13,23H2,(H,24,28)(H,25,27)(H,29,30)/t18-/m0/s1. The molecule has 0 bridgehead atoms. The summed E-state index contributed by atoms with van der Waals surface area (Å²) in [6.45, 7) is 0.575. The van der Waals surface area contributed by atoms with E-state index in [4.69, 9.17) is 10.8 Å². The van der Waals surface area contributed by atoms with Crippen molar-refractivity contribution in [3.63, 3.8) is 0 Å². The third kappa shape index (κ3) is 7.21. The fourth-order valence-corrected chi connectivity index (χ4v) is 2.95. The summed E-state index contributed by atoms with van der Waals surface area (Å²) in [5.41, 5.74) is 6.22. The van der Waals surface area contributed by atoms with Gasteiger partial charge in [-0.25, -0.2) is 4.79 Å². The number of aromatic hydroxyl groups is 1. The molecular weight excluding hydrogens is 386 g/mol. The number of phenols is 1. The molecule has 0 saturated heterocycles. The van der Waals surface area contributed by atoms with Gasteiger partial charge in [-0.1, -0.05) is 36.8 Å². The Balaban J connectivity index is 2.10. The Hall–Kier alpha value is -3.39. The van der Waals surface area contributed by atoms with Gasteiger partial charge in [0.1, 0.15) is 17.4 Å². The van der Waals surface area contributed by atoms with Gasteiger partial charge in [-0.2, -0.15) is 0 Å². The summed E-state index contributed by atoms with van der Waals surface area (Å²) in [4.78, 5) is 36.4. The van der Waals surface area contributed by atoms with Crippen molar-refractivity contribution in [2.75, 3.05) is 11.9 Å². The molecule has 0 fully saturated rings. The molecule has 0 aliphatic carbocycles. The van der Waals surface area contributed by atoms with Crippen molar-refractivity contribution in [3.05, 3.63) is 59.7 Å². The number of carboxylic acid groups (broad SMARTS) is 1. The molecule has 30 heavy (non-hydrogen) atoms. The van der Waals surface area contributed by atoms with E-state index in [9.17, 15) is 19.5 Å². The first-order valence-corrected chi connectivity index (χ1v) is 9.81. The van der Waals surface area contributed by atoms with Gasteiger partial charge in [0.2, 0.25) is 11.8 Å². The van der Waals surface area contributed by atoms with Gasteiger partial charge in [-0.05, 0) is 43.1 Å². The van der Waals surface area contributed by atoms with Gasteiger partial charge in [0.25, 0.3) is 0 Å². The molecule has 0 unspecified atom stereocenters. The highest BCUT2D eigenvalue weighted by atomic mass is 16.4. The number of nitrogens with two attached hydrogens (primary N) is 1. The lowest BCUT2D eigenvalue weighted by molar-refractivity contribution is -0.126. The van der Waals surface area contributed by atoms with E-state index in [-0.39, 0.29) is 23.6 Å². The van der Waals surface area contributed by atoms with Crippen LogP contribution in [-0.4, -0.2) is 40.6 Å². The summed E-state index contributed by atoms with van der Waals surface area (Å²) in [6, 6.07) is 12.2. The van der Waals surface area contributed by atoms with Gasteiger partial charge < -0.3 is 26.6 Å².